The first-order valence-corrected chi connectivity index (χ1v) is 4.92. The van der Waals surface area contributed by atoms with Crippen LogP contribution in [0, 0.1) is 23.2 Å². The molecular weight excluding hydrogens is 218 g/mol. The topological polar surface area (TPSA) is 70.3 Å². The molecule has 4 heteroatoms. The van der Waals surface area contributed by atoms with Gasteiger partial charge in [0.25, 0.3) is 0 Å². The zero-order chi connectivity index (χ0) is 12.7. The summed E-state index contributed by atoms with van der Waals surface area (Å²) in [5.41, 5.74) is 1.25. The lowest BCUT2D eigenvalue weighted by Crippen LogP contribution is -2.00. The van der Waals surface area contributed by atoms with Crippen LogP contribution in [0.4, 0.5) is 0 Å². The first-order valence-electron chi connectivity index (χ1n) is 4.92. The number of carboxylic acid groups (broad SMARTS) is 1. The summed E-state index contributed by atoms with van der Waals surface area (Å²) in [5, 5.41) is 17.1. The van der Waals surface area contributed by atoms with Gasteiger partial charge in [-0.15, -0.1) is 0 Å². The summed E-state index contributed by atoms with van der Waals surface area (Å²) in [6.07, 6.45) is 0.0727. The van der Waals surface area contributed by atoms with Gasteiger partial charge in [0.05, 0.1) is 31.6 Å². The molecule has 0 unspecified atom stereocenters. The third-order valence-corrected chi connectivity index (χ3v) is 2.01. The molecule has 0 aromatic heterocycles. The second-order valence-corrected chi connectivity index (χ2v) is 3.24. The fourth-order valence-electron chi connectivity index (χ4n) is 1.32. The Balaban J connectivity index is 3.04. The van der Waals surface area contributed by atoms with Crippen molar-refractivity contribution in [2.24, 2.45) is 0 Å². The lowest BCUT2D eigenvalue weighted by atomic mass is 10.1. The average Bonchev–Trinajstić information content (AvgIpc) is 2.29. The van der Waals surface area contributed by atoms with Crippen molar-refractivity contribution < 1.29 is 14.6 Å². The number of nitriles is 1. The maximum atomic E-state index is 10.6. The molecule has 0 saturated heterocycles. The first kappa shape index (κ1) is 12.6. The summed E-state index contributed by atoms with van der Waals surface area (Å²) < 4.78 is 5.10. The number of methoxy groups -OCH3 is 1. The van der Waals surface area contributed by atoms with Crippen molar-refractivity contribution in [2.75, 3.05) is 7.11 Å². The van der Waals surface area contributed by atoms with Crippen LogP contribution < -0.4 is 4.74 Å². The molecule has 0 aliphatic heterocycles. The molecule has 0 atom stereocenters. The van der Waals surface area contributed by atoms with E-state index in [2.05, 4.69) is 11.8 Å². The van der Waals surface area contributed by atoms with Gasteiger partial charge >= 0.3 is 5.97 Å². The van der Waals surface area contributed by atoms with E-state index in [0.717, 1.165) is 0 Å². The Hall–Kier alpha value is -2.46. The first-order chi connectivity index (χ1) is 8.17. The van der Waals surface area contributed by atoms with Crippen LogP contribution >= 0.6 is 0 Å². The molecule has 1 rings (SSSR count). The molecule has 0 spiro atoms. The molecule has 0 aliphatic carbocycles. The molecule has 1 N–H and O–H groups in total. The van der Waals surface area contributed by atoms with Crippen LogP contribution in [-0.2, 0) is 11.2 Å². The normalized spacial score (nSPS) is 8.71. The molecular formula is C13H11NO3. The van der Waals surface area contributed by atoms with Crippen molar-refractivity contribution in [2.45, 2.75) is 12.8 Å². The quantitative estimate of drug-likeness (QED) is 0.799. The van der Waals surface area contributed by atoms with Crippen LogP contribution in [0.25, 0.3) is 0 Å². The highest BCUT2D eigenvalue weighted by Gasteiger charge is 2.05. The largest absolute Gasteiger partial charge is 0.495 e. The Labute approximate surface area is 99.4 Å². The number of ether oxygens (including phenoxy) is 1. The van der Waals surface area contributed by atoms with E-state index < -0.39 is 5.97 Å². The fourth-order valence-corrected chi connectivity index (χ4v) is 1.32. The molecule has 0 saturated carbocycles. The molecule has 0 amide bonds. The molecule has 0 heterocycles. The molecule has 0 radical (unpaired) electrons. The van der Waals surface area contributed by atoms with Gasteiger partial charge in [0.2, 0.25) is 0 Å². The van der Waals surface area contributed by atoms with E-state index in [0.29, 0.717) is 16.9 Å². The van der Waals surface area contributed by atoms with Gasteiger partial charge in [0.15, 0.2) is 0 Å². The van der Waals surface area contributed by atoms with Crippen LogP contribution in [0.2, 0.25) is 0 Å². The zero-order valence-electron chi connectivity index (χ0n) is 9.36. The predicted molar refractivity (Wildman–Crippen MR) is 61.4 cm³/mol. The van der Waals surface area contributed by atoms with Gasteiger partial charge in [0, 0.05) is 0 Å². The standard InChI is InChI=1S/C13H11NO3/c1-17-12-6-5-10(9-13(15)16)8-11(12)4-2-3-7-14/h5-6,8H,3,9H2,1H3,(H,15,16). The lowest BCUT2D eigenvalue weighted by molar-refractivity contribution is -0.136. The van der Waals surface area contributed by atoms with Crippen LogP contribution in [-0.4, -0.2) is 18.2 Å². The fraction of sp³-hybridized carbons (Fsp3) is 0.231. The maximum absolute atomic E-state index is 10.6. The number of rotatable bonds is 3. The smallest absolute Gasteiger partial charge is 0.307 e. The second kappa shape index (κ2) is 6.19. The van der Waals surface area contributed by atoms with Crippen molar-refractivity contribution in [3.05, 3.63) is 29.3 Å². The number of carboxylic acids is 1. The molecule has 1 aromatic carbocycles. The summed E-state index contributed by atoms with van der Waals surface area (Å²) in [7, 11) is 1.52. The Bertz CT molecular complexity index is 518. The van der Waals surface area contributed by atoms with E-state index in [1.165, 1.54) is 7.11 Å². The van der Waals surface area contributed by atoms with Crippen molar-refractivity contribution in [3.63, 3.8) is 0 Å². The summed E-state index contributed by atoms with van der Waals surface area (Å²) >= 11 is 0. The van der Waals surface area contributed by atoms with Gasteiger partial charge in [-0.3, -0.25) is 4.79 Å². The number of hydrogen-bond acceptors (Lipinski definition) is 3. The molecule has 0 aliphatic rings. The van der Waals surface area contributed by atoms with E-state index in [1.807, 2.05) is 6.07 Å². The average molecular weight is 229 g/mol. The lowest BCUT2D eigenvalue weighted by Gasteiger charge is -2.05. The summed E-state index contributed by atoms with van der Waals surface area (Å²) in [4.78, 5) is 10.6. The number of nitrogens with zero attached hydrogens (tertiary/aromatic N) is 1. The van der Waals surface area contributed by atoms with Crippen molar-refractivity contribution in [3.8, 4) is 23.7 Å². The summed E-state index contributed by atoms with van der Waals surface area (Å²) in [5.74, 6) is 5.13. The third kappa shape index (κ3) is 3.89. The Morgan fingerprint density at radius 1 is 1.53 bits per heavy atom. The number of carbonyl (C=O) groups is 1. The summed E-state index contributed by atoms with van der Waals surface area (Å²) in [6, 6.07) is 6.94. The van der Waals surface area contributed by atoms with Crippen LogP contribution in [0.15, 0.2) is 18.2 Å². The Kier molecular flexibility index (Phi) is 4.59. The highest BCUT2D eigenvalue weighted by molar-refractivity contribution is 5.70. The van der Waals surface area contributed by atoms with E-state index >= 15 is 0 Å². The highest BCUT2D eigenvalue weighted by atomic mass is 16.5. The van der Waals surface area contributed by atoms with E-state index in [9.17, 15) is 4.79 Å². The number of aliphatic carboxylic acids is 1. The molecule has 17 heavy (non-hydrogen) atoms. The third-order valence-electron chi connectivity index (χ3n) is 2.01. The Morgan fingerprint density at radius 3 is 2.88 bits per heavy atom. The van der Waals surface area contributed by atoms with Crippen molar-refractivity contribution in [1.29, 1.82) is 5.26 Å². The highest BCUT2D eigenvalue weighted by Crippen LogP contribution is 2.19. The minimum Gasteiger partial charge on any atom is -0.495 e. The minimum absolute atomic E-state index is 0.0586. The van der Waals surface area contributed by atoms with Gasteiger partial charge in [-0.1, -0.05) is 17.9 Å². The van der Waals surface area contributed by atoms with E-state index in [4.69, 9.17) is 15.1 Å². The zero-order valence-corrected chi connectivity index (χ0v) is 9.36. The molecule has 0 bridgehead atoms. The van der Waals surface area contributed by atoms with Gasteiger partial charge in [0.1, 0.15) is 5.75 Å². The molecule has 86 valence electrons. The molecule has 4 nitrogen and oxygen atoms in total. The SMILES string of the molecule is COc1ccc(CC(=O)O)cc1C#CCC#N. The van der Waals surface area contributed by atoms with E-state index in [-0.39, 0.29) is 12.8 Å². The maximum Gasteiger partial charge on any atom is 0.307 e. The molecule has 1 aromatic rings. The number of benzene rings is 1. The van der Waals surface area contributed by atoms with E-state index in [1.54, 1.807) is 18.2 Å². The van der Waals surface area contributed by atoms with Crippen molar-refractivity contribution >= 4 is 5.97 Å². The second-order valence-electron chi connectivity index (χ2n) is 3.24. The van der Waals surface area contributed by atoms with Crippen LogP contribution in [0.1, 0.15) is 17.5 Å². The van der Waals surface area contributed by atoms with Gasteiger partial charge in [-0.05, 0) is 17.7 Å². The Morgan fingerprint density at radius 2 is 2.29 bits per heavy atom. The van der Waals surface area contributed by atoms with Gasteiger partial charge in [-0.2, -0.15) is 5.26 Å². The number of hydrogen-bond donors (Lipinski definition) is 1. The van der Waals surface area contributed by atoms with Gasteiger partial charge in [-0.25, -0.2) is 0 Å². The van der Waals surface area contributed by atoms with Gasteiger partial charge < -0.3 is 9.84 Å². The molecule has 0 fully saturated rings. The summed E-state index contributed by atoms with van der Waals surface area (Å²) in [6.45, 7) is 0. The van der Waals surface area contributed by atoms with Crippen LogP contribution in [0.5, 0.6) is 5.75 Å². The predicted octanol–water partition coefficient (Wildman–Crippen LogP) is 1.59. The van der Waals surface area contributed by atoms with Crippen molar-refractivity contribution in [1.82, 2.24) is 0 Å². The van der Waals surface area contributed by atoms with Crippen LogP contribution in [0.3, 0.4) is 0 Å². The minimum atomic E-state index is -0.897. The monoisotopic (exact) mass is 229 g/mol.